The van der Waals surface area contributed by atoms with Gasteiger partial charge in [-0.15, -0.1) is 0 Å². The van der Waals surface area contributed by atoms with Crippen molar-refractivity contribution in [2.45, 2.75) is 0 Å². The number of rotatable bonds is 0. The van der Waals surface area contributed by atoms with Gasteiger partial charge in [0.25, 0.3) is 0 Å². The molecule has 0 amide bonds. The molecule has 5 heterocycles. The largest absolute Gasteiger partial charge is 0.357 e. The Labute approximate surface area is 258 Å². The number of fused-ring (bicyclic) bond motifs is 20. The van der Waals surface area contributed by atoms with Crippen LogP contribution in [0, 0.1) is 0 Å². The Hall–Kier alpha value is -4.67. The molecule has 0 saturated carbocycles. The second-order valence-corrected chi connectivity index (χ2v) is 11.4. The minimum absolute atomic E-state index is 0.382. The van der Waals surface area contributed by atoms with Crippen LogP contribution >= 0.6 is 20.3 Å². The first-order valence-corrected chi connectivity index (χ1v) is 16.0. The van der Waals surface area contributed by atoms with Crippen molar-refractivity contribution in [3.8, 4) is 45.6 Å². The van der Waals surface area contributed by atoms with E-state index in [4.69, 9.17) is 60.2 Å². The minimum Gasteiger partial charge on any atom is -0.357 e. The molecule has 8 nitrogen and oxygen atoms in total. The molecule has 0 atom stereocenters. The van der Waals surface area contributed by atoms with E-state index in [1.165, 1.54) is 0 Å². The molecule has 11 heteroatoms. The predicted molar refractivity (Wildman–Crippen MR) is 166 cm³/mol. The Morgan fingerprint density at radius 2 is 0.605 bits per heavy atom. The standard InChI is InChI=1S/C32H16N8.2ClH.Co/c1-2-10-18-17(9-1)25-33-26(18)38-28-21-13-5-6-14-22(21)30(35-28)40-32-24-16-8-7-15-23(24)31(36-32)39-29-20-12-4-3-11-19(20)27(34-29)37-25;;;/h1-16H;2*1H;/q-2;;;+2/p-2. The van der Waals surface area contributed by atoms with Crippen LogP contribution in [-0.2, 0) is 12.9 Å². The molecule has 4 aromatic carbocycles. The van der Waals surface area contributed by atoms with E-state index >= 15 is 0 Å². The van der Waals surface area contributed by atoms with E-state index in [1.54, 1.807) is 0 Å². The second kappa shape index (κ2) is 10.6. The first-order valence-electron chi connectivity index (χ1n) is 13.1. The number of halogens is 2. The Morgan fingerprint density at radius 1 is 0.372 bits per heavy atom. The maximum absolute atomic E-state index is 4.95. The van der Waals surface area contributed by atoms with Gasteiger partial charge in [-0.25, -0.2) is 9.97 Å². The summed E-state index contributed by atoms with van der Waals surface area (Å²) in [6.07, 6.45) is 0. The van der Waals surface area contributed by atoms with E-state index in [1.807, 2.05) is 97.1 Å². The van der Waals surface area contributed by atoms with Crippen LogP contribution in [0.4, 0.5) is 0 Å². The second-order valence-electron chi connectivity index (χ2n) is 9.71. The van der Waals surface area contributed by atoms with Gasteiger partial charge in [-0.1, -0.05) is 97.1 Å². The Morgan fingerprint density at radius 3 is 0.860 bits per heavy atom. The van der Waals surface area contributed by atoms with Crippen LogP contribution in [0.5, 0.6) is 0 Å². The van der Waals surface area contributed by atoms with Crippen LogP contribution < -0.4 is 9.97 Å². The van der Waals surface area contributed by atoms with E-state index in [0.29, 0.717) is 58.8 Å². The summed E-state index contributed by atoms with van der Waals surface area (Å²) in [7, 11) is 9.47. The summed E-state index contributed by atoms with van der Waals surface area (Å²) in [5.41, 5.74) is 5.78. The predicted octanol–water partition coefficient (Wildman–Crippen LogP) is 7.50. The van der Waals surface area contributed by atoms with Crippen LogP contribution in [0.3, 0.4) is 0 Å². The molecule has 0 unspecified atom stereocenters. The van der Waals surface area contributed by atoms with Crippen molar-refractivity contribution in [1.29, 1.82) is 0 Å². The summed E-state index contributed by atoms with van der Waals surface area (Å²) in [5, 5.41) is 3.57. The zero-order chi connectivity index (χ0) is 28.9. The maximum atomic E-state index is 4.95. The van der Waals surface area contributed by atoms with Crippen molar-refractivity contribution in [2.75, 3.05) is 0 Å². The Kier molecular flexibility index (Phi) is 6.38. The number of hydrogen-bond donors (Lipinski definition) is 0. The first kappa shape index (κ1) is 26.0. The first-order chi connectivity index (χ1) is 21.2. The Balaban J connectivity index is 0.000000892. The summed E-state index contributed by atoms with van der Waals surface area (Å²) in [6, 6.07) is 31.8. The normalized spacial score (nSPS) is 11.7. The van der Waals surface area contributed by atoms with Gasteiger partial charge in [0.15, 0.2) is 0 Å². The number of aromatic nitrogens is 8. The van der Waals surface area contributed by atoms with Crippen molar-refractivity contribution in [1.82, 2.24) is 39.9 Å². The molecule has 0 radical (unpaired) electrons. The fraction of sp³-hybridized carbons (Fsp3) is 0. The van der Waals surface area contributed by atoms with Crippen molar-refractivity contribution in [3.05, 3.63) is 97.1 Å². The molecule has 9 rings (SSSR count). The molecular weight excluding hydrogens is 626 g/mol. The van der Waals surface area contributed by atoms with Crippen molar-refractivity contribution >= 4 is 64.4 Å². The number of benzene rings is 4. The third kappa shape index (κ3) is 4.36. The SMILES string of the molecule is [Cl][Co][Cl].c1ccc2c(c1)-c1nc-2nc2[n-]c(nc3nc(nc4[n-]c(n1)c1ccccc41)-c1ccccc1-3)c1ccccc21. The molecule has 0 aliphatic carbocycles. The van der Waals surface area contributed by atoms with Gasteiger partial charge in [0, 0.05) is 44.8 Å². The minimum atomic E-state index is 0.382. The molecule has 2 aliphatic heterocycles. The number of hydrogen-bond acceptors (Lipinski definition) is 6. The van der Waals surface area contributed by atoms with Crippen molar-refractivity contribution in [3.63, 3.8) is 0 Å². The van der Waals surface area contributed by atoms with Crippen LogP contribution in [0.1, 0.15) is 0 Å². The van der Waals surface area contributed by atoms with Gasteiger partial charge in [0.1, 0.15) is 0 Å². The summed E-state index contributed by atoms with van der Waals surface area (Å²) in [6.45, 7) is 0. The van der Waals surface area contributed by atoms with E-state index in [0.717, 1.165) is 43.8 Å². The zero-order valence-electron chi connectivity index (χ0n) is 21.9. The maximum Gasteiger partial charge on any atom is 0.0927 e. The molecule has 8 bridgehead atoms. The average Bonchev–Trinajstić information content (AvgIpc) is 3.77. The van der Waals surface area contributed by atoms with Gasteiger partial charge >= 0.3 is 33.2 Å². The fourth-order valence-electron chi connectivity index (χ4n) is 5.46. The molecule has 7 aromatic rings. The third-order valence-electron chi connectivity index (χ3n) is 7.33. The molecule has 0 N–H and O–H groups in total. The monoisotopic (exact) mass is 641 g/mol. The average molecular weight is 642 g/mol. The van der Waals surface area contributed by atoms with Gasteiger partial charge < -0.3 is 29.9 Å². The number of nitrogens with zero attached hydrogens (tertiary/aromatic N) is 8. The molecule has 209 valence electrons. The quantitative estimate of drug-likeness (QED) is 0.168. The van der Waals surface area contributed by atoms with Gasteiger partial charge in [-0.05, 0) is 21.5 Å². The summed E-state index contributed by atoms with van der Waals surface area (Å²) < 4.78 is 0. The summed E-state index contributed by atoms with van der Waals surface area (Å²) >= 11 is 0.382. The van der Waals surface area contributed by atoms with Crippen molar-refractivity contribution in [2.24, 2.45) is 0 Å². The summed E-state index contributed by atoms with van der Waals surface area (Å²) in [4.78, 5) is 39.3. The fourth-order valence-corrected chi connectivity index (χ4v) is 5.46. The van der Waals surface area contributed by atoms with Crippen LogP contribution in [0.2, 0.25) is 0 Å². The molecule has 0 spiro atoms. The van der Waals surface area contributed by atoms with Gasteiger partial charge in [-0.3, -0.25) is 0 Å². The Bertz CT molecular complexity index is 2060. The summed E-state index contributed by atoms with van der Waals surface area (Å²) in [5.74, 6) is 2.21. The van der Waals surface area contributed by atoms with E-state index in [-0.39, 0.29) is 0 Å². The van der Waals surface area contributed by atoms with Gasteiger partial charge in [-0.2, -0.15) is 0 Å². The van der Waals surface area contributed by atoms with E-state index in [2.05, 4.69) is 0 Å². The van der Waals surface area contributed by atoms with E-state index in [9.17, 15) is 0 Å². The van der Waals surface area contributed by atoms with Gasteiger partial charge in [0.2, 0.25) is 0 Å². The molecule has 43 heavy (non-hydrogen) atoms. The smallest absolute Gasteiger partial charge is 0.0927 e. The van der Waals surface area contributed by atoms with Crippen LogP contribution in [-0.4, -0.2) is 29.9 Å². The molecule has 0 fully saturated rings. The molecular formula is C32H16Cl2CoN8-2. The van der Waals surface area contributed by atoms with E-state index < -0.39 is 0 Å². The van der Waals surface area contributed by atoms with Gasteiger partial charge in [0.05, 0.1) is 23.3 Å². The topological polar surface area (TPSA) is 106 Å². The third-order valence-corrected chi connectivity index (χ3v) is 7.33. The van der Waals surface area contributed by atoms with Crippen LogP contribution in [0.25, 0.3) is 89.7 Å². The van der Waals surface area contributed by atoms with Crippen LogP contribution in [0.15, 0.2) is 97.1 Å². The molecule has 0 saturated heterocycles. The zero-order valence-corrected chi connectivity index (χ0v) is 24.5. The molecule has 3 aromatic heterocycles. The van der Waals surface area contributed by atoms with Crippen molar-refractivity contribution < 1.29 is 12.9 Å². The molecule has 2 aliphatic rings.